The van der Waals surface area contributed by atoms with E-state index in [2.05, 4.69) is 32.1 Å². The number of hydrogen-bond donors (Lipinski definition) is 9. The molecule has 0 aromatic carbocycles. The second-order valence-electron chi connectivity index (χ2n) is 7.33. The predicted octanol–water partition coefficient (Wildman–Crippen LogP) is -5.46. The van der Waals surface area contributed by atoms with Crippen molar-refractivity contribution in [3.63, 3.8) is 0 Å². The fourth-order valence-corrected chi connectivity index (χ4v) is 2.68. The summed E-state index contributed by atoms with van der Waals surface area (Å²) in [5.41, 5.74) is 9.85. The van der Waals surface area contributed by atoms with Crippen LogP contribution in [0.2, 0.25) is 0 Å². The van der Waals surface area contributed by atoms with Crippen molar-refractivity contribution in [2.75, 3.05) is 46.1 Å². The molecule has 34 heavy (non-hydrogen) atoms. The molecule has 1 aliphatic heterocycles. The molecule has 0 spiro atoms. The van der Waals surface area contributed by atoms with Crippen LogP contribution in [0.5, 0.6) is 0 Å². The first-order valence-electron chi connectivity index (χ1n) is 10.5. The van der Waals surface area contributed by atoms with E-state index >= 15 is 0 Å². The number of nitrogens with two attached hydrogens (primary N) is 1. The Morgan fingerprint density at radius 3 is 2.44 bits per heavy atom. The molecule has 0 radical (unpaired) electrons. The molecule has 0 aromatic heterocycles. The molecule has 2 unspecified atom stereocenters. The second-order valence-corrected chi connectivity index (χ2v) is 7.33. The van der Waals surface area contributed by atoms with Crippen LogP contribution in [0, 0.1) is 0 Å². The lowest BCUT2D eigenvalue weighted by molar-refractivity contribution is -0.128. The van der Waals surface area contributed by atoms with Gasteiger partial charge in [0.25, 0.3) is 5.91 Å². The van der Waals surface area contributed by atoms with Gasteiger partial charge in [0.05, 0.1) is 45.0 Å². The maximum Gasteiger partial charge on any atom is 0.316 e. The summed E-state index contributed by atoms with van der Waals surface area (Å²) in [6.07, 6.45) is -1.85. The molecule has 0 saturated carbocycles. The van der Waals surface area contributed by atoms with Gasteiger partial charge in [-0.15, -0.1) is 0 Å². The summed E-state index contributed by atoms with van der Waals surface area (Å²) in [4.78, 5) is 60.3. The Balaban J connectivity index is 2.90. The molecule has 16 heteroatoms. The van der Waals surface area contributed by atoms with Crippen molar-refractivity contribution in [1.82, 2.24) is 32.1 Å². The van der Waals surface area contributed by atoms with Crippen LogP contribution in [0.15, 0.2) is 0 Å². The van der Waals surface area contributed by atoms with Crippen LogP contribution in [-0.4, -0.2) is 110 Å². The van der Waals surface area contributed by atoms with Crippen LogP contribution >= 0.6 is 0 Å². The Bertz CT molecular complexity index is 707. The number of rotatable bonds is 4. The maximum atomic E-state index is 12.4. The Hall–Kier alpha value is -3.05. The highest BCUT2D eigenvalue weighted by molar-refractivity contribution is 5.92. The Labute approximate surface area is 195 Å². The largest absolute Gasteiger partial charge is 0.394 e. The quantitative estimate of drug-likeness (QED) is 0.181. The van der Waals surface area contributed by atoms with Crippen molar-refractivity contribution in [3.05, 3.63) is 0 Å². The van der Waals surface area contributed by atoms with Gasteiger partial charge in [-0.1, -0.05) is 0 Å². The van der Waals surface area contributed by atoms with Crippen molar-refractivity contribution >= 4 is 29.7 Å². The van der Waals surface area contributed by atoms with Gasteiger partial charge < -0.3 is 46.7 Å². The van der Waals surface area contributed by atoms with Gasteiger partial charge in [-0.2, -0.15) is 0 Å². The minimum Gasteiger partial charge on any atom is -0.394 e. The lowest BCUT2D eigenvalue weighted by Crippen LogP contribution is -2.59. The number of primary amides is 1. The van der Waals surface area contributed by atoms with Crippen LogP contribution in [0.3, 0.4) is 0 Å². The molecule has 194 valence electrons. The monoisotopic (exact) mass is 491 g/mol. The molecule has 1 fully saturated rings. The molecule has 4 atom stereocenters. The van der Waals surface area contributed by atoms with Gasteiger partial charge in [-0.25, -0.2) is 10.2 Å². The fraction of sp³-hybridized carbons (Fsp3) is 0.722. The third kappa shape index (κ3) is 11.7. The van der Waals surface area contributed by atoms with Crippen molar-refractivity contribution in [3.8, 4) is 0 Å². The third-order valence-corrected chi connectivity index (χ3v) is 4.37. The van der Waals surface area contributed by atoms with E-state index in [1.807, 2.05) is 0 Å². The molecule has 1 saturated heterocycles. The van der Waals surface area contributed by atoms with E-state index in [4.69, 9.17) is 15.2 Å². The molecule has 6 amide bonds. The van der Waals surface area contributed by atoms with Crippen LogP contribution < -0.4 is 37.9 Å². The molecule has 16 nitrogen and oxygen atoms in total. The summed E-state index contributed by atoms with van der Waals surface area (Å²) in [6, 6.07) is -4.59. The maximum absolute atomic E-state index is 12.4. The number of aliphatic hydroxyl groups excluding tert-OH is 2. The lowest BCUT2D eigenvalue weighted by atomic mass is 10.1. The molecule has 1 heterocycles. The Morgan fingerprint density at radius 2 is 1.79 bits per heavy atom. The molecular formula is C18H33N7O9. The Kier molecular flexibility index (Phi) is 13.4. The summed E-state index contributed by atoms with van der Waals surface area (Å²) in [5.74, 6) is -2.97. The summed E-state index contributed by atoms with van der Waals surface area (Å²) in [5, 5.41) is 28.7. The van der Waals surface area contributed by atoms with Crippen molar-refractivity contribution in [2.45, 2.75) is 37.6 Å². The van der Waals surface area contributed by atoms with Gasteiger partial charge in [0, 0.05) is 13.1 Å². The van der Waals surface area contributed by atoms with Gasteiger partial charge in [-0.05, 0) is 6.92 Å². The average molecular weight is 492 g/mol. The summed E-state index contributed by atoms with van der Waals surface area (Å²) < 4.78 is 10.4. The molecule has 0 bridgehead atoms. The average Bonchev–Trinajstić information content (AvgIpc) is 2.76. The topological polar surface area (TPSA) is 242 Å². The minimum absolute atomic E-state index is 0.0579. The zero-order valence-electron chi connectivity index (χ0n) is 18.8. The number of ether oxygens (including phenoxy) is 2. The molecule has 0 aliphatic carbocycles. The number of urea groups is 1. The van der Waals surface area contributed by atoms with Crippen LogP contribution in [0.1, 0.15) is 13.3 Å². The number of aliphatic hydroxyl groups is 2. The SMILES string of the molecule is CC(O)C1NC(=O)N[C@@H](CC(N)=O)C(=O)NNC[C@H](CO)NC(=O)COCCOCCNC1=O. The van der Waals surface area contributed by atoms with E-state index in [0.29, 0.717) is 0 Å². The number of amides is 6. The van der Waals surface area contributed by atoms with E-state index in [9.17, 15) is 34.2 Å². The van der Waals surface area contributed by atoms with Crippen LogP contribution in [0.25, 0.3) is 0 Å². The van der Waals surface area contributed by atoms with E-state index in [0.717, 1.165) is 0 Å². The van der Waals surface area contributed by atoms with Crippen molar-refractivity contribution in [2.24, 2.45) is 5.73 Å². The van der Waals surface area contributed by atoms with E-state index in [1.54, 1.807) is 0 Å². The molecule has 0 aromatic rings. The van der Waals surface area contributed by atoms with Gasteiger partial charge in [0.1, 0.15) is 18.7 Å². The number of carbonyl (C=O) groups excluding carboxylic acids is 5. The van der Waals surface area contributed by atoms with Crippen molar-refractivity contribution < 1.29 is 43.7 Å². The first-order chi connectivity index (χ1) is 16.1. The van der Waals surface area contributed by atoms with E-state index in [1.165, 1.54) is 6.92 Å². The molecule has 10 N–H and O–H groups in total. The molecule has 1 rings (SSSR count). The van der Waals surface area contributed by atoms with Gasteiger partial charge >= 0.3 is 6.03 Å². The van der Waals surface area contributed by atoms with Gasteiger partial charge in [-0.3, -0.25) is 24.6 Å². The van der Waals surface area contributed by atoms with Gasteiger partial charge in [0.15, 0.2) is 0 Å². The normalized spacial score (nSPS) is 25.9. The lowest BCUT2D eigenvalue weighted by Gasteiger charge is -2.23. The first-order valence-corrected chi connectivity index (χ1v) is 10.5. The summed E-state index contributed by atoms with van der Waals surface area (Å²) >= 11 is 0. The van der Waals surface area contributed by atoms with Gasteiger partial charge in [0.2, 0.25) is 17.7 Å². The highest BCUT2D eigenvalue weighted by atomic mass is 16.5. The van der Waals surface area contributed by atoms with Crippen LogP contribution in [0.4, 0.5) is 4.79 Å². The van der Waals surface area contributed by atoms with Crippen LogP contribution in [-0.2, 0) is 28.7 Å². The zero-order chi connectivity index (χ0) is 25.5. The number of hydrogen-bond acceptors (Lipinski definition) is 10. The predicted molar refractivity (Wildman–Crippen MR) is 115 cm³/mol. The smallest absolute Gasteiger partial charge is 0.316 e. The summed E-state index contributed by atoms with van der Waals surface area (Å²) in [7, 11) is 0. The van der Waals surface area contributed by atoms with E-state index < -0.39 is 66.9 Å². The number of hydrazine groups is 1. The molecular weight excluding hydrogens is 458 g/mol. The number of nitrogens with one attached hydrogen (secondary N) is 6. The highest BCUT2D eigenvalue weighted by Gasteiger charge is 2.28. The number of carbonyl (C=O) groups is 5. The zero-order valence-corrected chi connectivity index (χ0v) is 18.8. The fourth-order valence-electron chi connectivity index (χ4n) is 2.68. The van der Waals surface area contributed by atoms with E-state index in [-0.39, 0.29) is 39.5 Å². The molecule has 1 aliphatic rings. The minimum atomic E-state index is -1.43. The summed E-state index contributed by atoms with van der Waals surface area (Å²) in [6.45, 7) is 0.825. The third-order valence-electron chi connectivity index (χ3n) is 4.37. The standard InChI is InChI=1S/C18H33N7O9/c1-10(27)15-17(31)20-2-3-33-4-5-34-9-14(29)22-11(8-26)7-21-25-16(30)12(6-13(19)28)23-18(32)24-15/h10-12,15,21,26-27H,2-9H2,1H3,(H2,19,28)(H,20,31)(H,22,29)(H,25,30)(H2,23,24,32)/t10?,11-,12+,15?/m1/s1. The highest BCUT2D eigenvalue weighted by Crippen LogP contribution is 1.97. The Morgan fingerprint density at radius 1 is 1.09 bits per heavy atom. The first kappa shape index (κ1) is 29.0. The second kappa shape index (κ2) is 15.7. The van der Waals surface area contributed by atoms with Crippen molar-refractivity contribution in [1.29, 1.82) is 0 Å².